The number of allylic oxidation sites excluding steroid dienone is 2. The van der Waals surface area contributed by atoms with E-state index in [-0.39, 0.29) is 5.78 Å². The van der Waals surface area contributed by atoms with E-state index < -0.39 is 0 Å². The van der Waals surface area contributed by atoms with E-state index in [1.54, 1.807) is 12.4 Å². The first-order chi connectivity index (χ1) is 7.77. The second-order valence-corrected chi connectivity index (χ2v) is 4.41. The van der Waals surface area contributed by atoms with Gasteiger partial charge < -0.3 is 0 Å². The van der Waals surface area contributed by atoms with Crippen LogP contribution in [0.3, 0.4) is 0 Å². The molecule has 0 atom stereocenters. The van der Waals surface area contributed by atoms with Crippen LogP contribution in [-0.4, -0.2) is 10.8 Å². The number of ketones is 1. The summed E-state index contributed by atoms with van der Waals surface area (Å²) < 4.78 is 0. The number of aromatic nitrogens is 1. The van der Waals surface area contributed by atoms with Crippen molar-refractivity contribution in [2.24, 2.45) is 0 Å². The molecule has 2 heteroatoms. The van der Waals surface area contributed by atoms with E-state index in [1.807, 2.05) is 13.0 Å². The van der Waals surface area contributed by atoms with E-state index in [9.17, 15) is 4.79 Å². The quantitative estimate of drug-likeness (QED) is 0.707. The molecule has 1 aromatic heterocycles. The topological polar surface area (TPSA) is 30.0 Å². The van der Waals surface area contributed by atoms with Gasteiger partial charge in [-0.15, -0.1) is 0 Å². The number of hydrogen-bond donors (Lipinski definition) is 0. The molecule has 1 aliphatic carbocycles. The minimum atomic E-state index is 0.165. The lowest BCUT2D eigenvalue weighted by atomic mass is 10.0. The van der Waals surface area contributed by atoms with Gasteiger partial charge in [0.1, 0.15) is 0 Å². The molecule has 2 rings (SSSR count). The summed E-state index contributed by atoms with van der Waals surface area (Å²) in [6.45, 7) is 1.96. The number of aryl methyl sites for hydroxylation is 1. The fourth-order valence-corrected chi connectivity index (χ4v) is 2.09. The summed E-state index contributed by atoms with van der Waals surface area (Å²) in [7, 11) is 0. The summed E-state index contributed by atoms with van der Waals surface area (Å²) >= 11 is 0. The van der Waals surface area contributed by atoms with Crippen molar-refractivity contribution in [3.8, 4) is 0 Å². The first-order valence-electron chi connectivity index (χ1n) is 5.93. The summed E-state index contributed by atoms with van der Waals surface area (Å²) in [5, 5.41) is 0. The largest absolute Gasteiger partial charge is 0.289 e. The fourth-order valence-electron chi connectivity index (χ4n) is 2.09. The molecule has 16 heavy (non-hydrogen) atoms. The van der Waals surface area contributed by atoms with Crippen molar-refractivity contribution in [3.63, 3.8) is 0 Å². The van der Waals surface area contributed by atoms with Gasteiger partial charge in [0, 0.05) is 18.0 Å². The van der Waals surface area contributed by atoms with Crippen LogP contribution in [0.25, 0.3) is 0 Å². The Hall–Kier alpha value is -1.44. The van der Waals surface area contributed by atoms with E-state index in [1.165, 1.54) is 12.8 Å². The number of rotatable bonds is 2. The van der Waals surface area contributed by atoms with Gasteiger partial charge in [0.25, 0.3) is 0 Å². The molecule has 2 nitrogen and oxygen atoms in total. The van der Waals surface area contributed by atoms with Crippen LogP contribution in [0.4, 0.5) is 0 Å². The predicted octanol–water partition coefficient (Wildman–Crippen LogP) is 3.46. The number of nitrogens with zero attached hydrogens (tertiary/aromatic N) is 1. The van der Waals surface area contributed by atoms with Crippen molar-refractivity contribution < 1.29 is 4.79 Å². The lowest BCUT2D eigenvalue weighted by Gasteiger charge is -2.04. The van der Waals surface area contributed by atoms with E-state index in [0.717, 1.165) is 36.0 Å². The van der Waals surface area contributed by atoms with Gasteiger partial charge >= 0.3 is 0 Å². The van der Waals surface area contributed by atoms with E-state index in [4.69, 9.17) is 0 Å². The van der Waals surface area contributed by atoms with Gasteiger partial charge in [0.05, 0.1) is 0 Å². The molecule has 0 spiro atoms. The van der Waals surface area contributed by atoms with Crippen molar-refractivity contribution in [1.29, 1.82) is 0 Å². The van der Waals surface area contributed by atoms with Crippen LogP contribution in [0.2, 0.25) is 0 Å². The van der Waals surface area contributed by atoms with Crippen molar-refractivity contribution >= 4 is 5.78 Å². The highest BCUT2D eigenvalue weighted by atomic mass is 16.1. The molecule has 1 aromatic rings. The Balaban J connectivity index is 2.21. The molecular formula is C14H17NO. The maximum Gasteiger partial charge on any atom is 0.190 e. The number of carbonyl (C=O) groups is 1. The zero-order valence-electron chi connectivity index (χ0n) is 9.70. The number of pyridine rings is 1. The van der Waals surface area contributed by atoms with Crippen molar-refractivity contribution in [3.05, 3.63) is 41.2 Å². The predicted molar refractivity (Wildman–Crippen MR) is 64.5 cm³/mol. The summed E-state index contributed by atoms with van der Waals surface area (Å²) in [5.74, 6) is 0.165. The number of Topliss-reactive ketones (excluding diaryl/α,β-unsaturated/α-hetero) is 1. The third-order valence-corrected chi connectivity index (χ3v) is 2.97. The smallest absolute Gasteiger partial charge is 0.190 e. The molecular weight excluding hydrogens is 198 g/mol. The molecule has 0 radical (unpaired) electrons. The van der Waals surface area contributed by atoms with Crippen LogP contribution < -0.4 is 0 Å². The van der Waals surface area contributed by atoms with Gasteiger partial charge in [-0.05, 0) is 49.8 Å². The molecule has 0 aliphatic heterocycles. The fraction of sp³-hybridized carbons (Fsp3) is 0.429. The van der Waals surface area contributed by atoms with Crippen LogP contribution in [0, 0.1) is 6.92 Å². The number of carbonyl (C=O) groups excluding carboxylic acids is 1. The average Bonchev–Trinajstić information content (AvgIpc) is 2.56. The highest BCUT2D eigenvalue weighted by molar-refractivity contribution is 6.08. The highest BCUT2D eigenvalue weighted by Gasteiger charge is 2.13. The maximum atomic E-state index is 12.2. The molecule has 0 saturated carbocycles. The molecule has 84 valence electrons. The monoisotopic (exact) mass is 215 g/mol. The normalized spacial score (nSPS) is 16.4. The molecule has 0 aromatic carbocycles. The van der Waals surface area contributed by atoms with E-state index >= 15 is 0 Å². The molecule has 0 amide bonds. The first kappa shape index (κ1) is 11.1. The molecule has 0 unspecified atom stereocenters. The Bertz CT molecular complexity index is 420. The van der Waals surface area contributed by atoms with Crippen LogP contribution >= 0.6 is 0 Å². The minimum absolute atomic E-state index is 0.165. The summed E-state index contributed by atoms with van der Waals surface area (Å²) in [6, 6.07) is 1.92. The zero-order valence-corrected chi connectivity index (χ0v) is 9.70. The Kier molecular flexibility index (Phi) is 3.50. The van der Waals surface area contributed by atoms with Crippen LogP contribution in [0.1, 0.15) is 48.0 Å². The molecule has 0 N–H and O–H groups in total. The Morgan fingerprint density at radius 1 is 1.25 bits per heavy atom. The summed E-state index contributed by atoms with van der Waals surface area (Å²) in [6.07, 6.45) is 11.1. The first-order valence-corrected chi connectivity index (χ1v) is 5.93. The van der Waals surface area contributed by atoms with Crippen molar-refractivity contribution in [2.45, 2.75) is 39.0 Å². The average molecular weight is 215 g/mol. The van der Waals surface area contributed by atoms with Gasteiger partial charge in [-0.1, -0.05) is 12.5 Å². The van der Waals surface area contributed by atoms with Crippen LogP contribution in [-0.2, 0) is 0 Å². The van der Waals surface area contributed by atoms with Crippen molar-refractivity contribution in [1.82, 2.24) is 4.98 Å². The van der Waals surface area contributed by atoms with Gasteiger partial charge in [-0.3, -0.25) is 9.78 Å². The molecule has 0 fully saturated rings. The lowest BCUT2D eigenvalue weighted by Crippen LogP contribution is -2.04. The highest BCUT2D eigenvalue weighted by Crippen LogP contribution is 2.20. The third kappa shape index (κ3) is 2.57. The second-order valence-electron chi connectivity index (χ2n) is 4.41. The van der Waals surface area contributed by atoms with Gasteiger partial charge in [0.2, 0.25) is 0 Å². The van der Waals surface area contributed by atoms with Gasteiger partial charge in [-0.25, -0.2) is 0 Å². The van der Waals surface area contributed by atoms with Gasteiger partial charge in [-0.2, -0.15) is 0 Å². The minimum Gasteiger partial charge on any atom is -0.289 e. The Morgan fingerprint density at radius 3 is 2.94 bits per heavy atom. The van der Waals surface area contributed by atoms with Crippen molar-refractivity contribution in [2.75, 3.05) is 0 Å². The maximum absolute atomic E-state index is 12.2. The summed E-state index contributed by atoms with van der Waals surface area (Å²) in [5.41, 5.74) is 2.75. The molecule has 0 saturated heterocycles. The van der Waals surface area contributed by atoms with Gasteiger partial charge in [0.15, 0.2) is 5.78 Å². The third-order valence-electron chi connectivity index (χ3n) is 2.97. The second kappa shape index (κ2) is 5.06. The Labute approximate surface area is 96.4 Å². The summed E-state index contributed by atoms with van der Waals surface area (Å²) in [4.78, 5) is 16.3. The van der Waals surface area contributed by atoms with Crippen LogP contribution in [0.5, 0.6) is 0 Å². The lowest BCUT2D eigenvalue weighted by molar-refractivity contribution is 0.103. The molecule has 1 aliphatic rings. The van der Waals surface area contributed by atoms with Crippen LogP contribution in [0.15, 0.2) is 30.1 Å². The molecule has 0 bridgehead atoms. The standard InChI is InChI=1S/C14H17NO/c1-11-8-13(10-15-9-11)14(16)12-6-4-2-3-5-7-12/h6,8-10H,2-5,7H2,1H3. The molecule has 1 heterocycles. The Morgan fingerprint density at radius 2 is 2.12 bits per heavy atom. The van der Waals surface area contributed by atoms with E-state index in [2.05, 4.69) is 11.1 Å². The SMILES string of the molecule is Cc1cncc(C(=O)C2=CCCCCC2)c1. The number of hydrogen-bond acceptors (Lipinski definition) is 2. The zero-order chi connectivity index (χ0) is 11.4. The van der Waals surface area contributed by atoms with E-state index in [0.29, 0.717) is 0 Å².